The van der Waals surface area contributed by atoms with E-state index in [1.54, 1.807) is 12.1 Å². The number of Topliss-reactive ketones (excluding diaryl/α,β-unsaturated/α-hetero) is 1. The largest absolute Gasteiger partial charge is 0.373 e. The van der Waals surface area contributed by atoms with E-state index in [0.717, 1.165) is 5.56 Å². The van der Waals surface area contributed by atoms with Crippen LogP contribution in [0.3, 0.4) is 0 Å². The number of halogens is 1. The standard InChI is InChI=1S/C16H15FN2O3/c1-10(12-3-6-14(17)7-4-12)18-15-8-5-13(11(2)20)9-16(15)19(21)22/h3-10,18H,1-2H3/t10-/m1/s1. The summed E-state index contributed by atoms with van der Waals surface area (Å²) in [4.78, 5) is 22.0. The number of nitrogens with one attached hydrogen (secondary N) is 1. The lowest BCUT2D eigenvalue weighted by Crippen LogP contribution is -2.09. The fraction of sp³-hybridized carbons (Fsp3) is 0.188. The molecule has 22 heavy (non-hydrogen) atoms. The molecule has 2 rings (SSSR count). The Morgan fingerprint density at radius 1 is 1.23 bits per heavy atom. The highest BCUT2D eigenvalue weighted by molar-refractivity contribution is 5.95. The summed E-state index contributed by atoms with van der Waals surface area (Å²) < 4.78 is 12.9. The molecule has 0 aliphatic rings. The van der Waals surface area contributed by atoms with Crippen LogP contribution in [0.5, 0.6) is 0 Å². The molecule has 6 heteroatoms. The third-order valence-electron chi connectivity index (χ3n) is 3.34. The van der Waals surface area contributed by atoms with Crippen LogP contribution in [0.1, 0.15) is 35.8 Å². The van der Waals surface area contributed by atoms with Crippen LogP contribution in [-0.4, -0.2) is 10.7 Å². The zero-order chi connectivity index (χ0) is 16.3. The number of anilines is 1. The minimum Gasteiger partial charge on any atom is -0.373 e. The molecule has 0 fully saturated rings. The lowest BCUT2D eigenvalue weighted by molar-refractivity contribution is -0.384. The average molecular weight is 302 g/mol. The average Bonchev–Trinajstić information content (AvgIpc) is 2.47. The van der Waals surface area contributed by atoms with Crippen molar-refractivity contribution in [3.05, 3.63) is 69.5 Å². The summed E-state index contributed by atoms with van der Waals surface area (Å²) in [6, 6.07) is 9.95. The summed E-state index contributed by atoms with van der Waals surface area (Å²) in [5, 5.41) is 14.2. The first-order chi connectivity index (χ1) is 10.4. The first-order valence-electron chi connectivity index (χ1n) is 6.70. The predicted octanol–water partition coefficient (Wildman–Crippen LogP) is 4.11. The van der Waals surface area contributed by atoms with Gasteiger partial charge in [0.1, 0.15) is 11.5 Å². The van der Waals surface area contributed by atoms with Crippen molar-refractivity contribution >= 4 is 17.2 Å². The lowest BCUT2D eigenvalue weighted by atomic mass is 10.1. The minimum atomic E-state index is -0.536. The molecule has 0 aliphatic carbocycles. The molecule has 0 bridgehead atoms. The van der Waals surface area contributed by atoms with Gasteiger partial charge in [-0.15, -0.1) is 0 Å². The third kappa shape index (κ3) is 3.46. The van der Waals surface area contributed by atoms with Gasteiger partial charge in [-0.2, -0.15) is 0 Å². The molecule has 0 amide bonds. The van der Waals surface area contributed by atoms with Crippen molar-refractivity contribution in [1.29, 1.82) is 0 Å². The van der Waals surface area contributed by atoms with E-state index in [0.29, 0.717) is 5.69 Å². The van der Waals surface area contributed by atoms with Crippen LogP contribution in [0.2, 0.25) is 0 Å². The topological polar surface area (TPSA) is 72.2 Å². The molecule has 1 atom stereocenters. The molecule has 0 unspecified atom stereocenters. The second kappa shape index (κ2) is 6.34. The molecule has 2 aromatic rings. The van der Waals surface area contributed by atoms with Gasteiger partial charge in [0.25, 0.3) is 5.69 Å². The number of ketones is 1. The number of rotatable bonds is 5. The highest BCUT2D eigenvalue weighted by Crippen LogP contribution is 2.29. The molecule has 0 saturated heterocycles. The zero-order valence-electron chi connectivity index (χ0n) is 12.2. The van der Waals surface area contributed by atoms with E-state index in [4.69, 9.17) is 0 Å². The van der Waals surface area contributed by atoms with Gasteiger partial charge >= 0.3 is 0 Å². The zero-order valence-corrected chi connectivity index (χ0v) is 12.2. The summed E-state index contributed by atoms with van der Waals surface area (Å²) >= 11 is 0. The fourth-order valence-corrected chi connectivity index (χ4v) is 2.09. The van der Waals surface area contributed by atoms with Gasteiger partial charge in [-0.25, -0.2) is 4.39 Å². The molecule has 114 valence electrons. The molecule has 0 heterocycles. The van der Waals surface area contributed by atoms with E-state index in [1.165, 1.54) is 37.3 Å². The van der Waals surface area contributed by atoms with Crippen molar-refractivity contribution in [2.24, 2.45) is 0 Å². The number of nitrogens with zero attached hydrogens (tertiary/aromatic N) is 1. The Morgan fingerprint density at radius 3 is 2.41 bits per heavy atom. The van der Waals surface area contributed by atoms with E-state index in [9.17, 15) is 19.3 Å². The van der Waals surface area contributed by atoms with Crippen LogP contribution in [0.25, 0.3) is 0 Å². The Labute approximate surface area is 126 Å². The van der Waals surface area contributed by atoms with Crippen LogP contribution >= 0.6 is 0 Å². The molecule has 0 saturated carbocycles. The highest BCUT2D eigenvalue weighted by atomic mass is 19.1. The quantitative estimate of drug-likeness (QED) is 0.512. The van der Waals surface area contributed by atoms with Crippen molar-refractivity contribution in [3.63, 3.8) is 0 Å². The molecule has 0 aromatic heterocycles. The normalized spacial score (nSPS) is 11.8. The van der Waals surface area contributed by atoms with Crippen LogP contribution < -0.4 is 5.32 Å². The molecular weight excluding hydrogens is 287 g/mol. The lowest BCUT2D eigenvalue weighted by Gasteiger charge is -2.16. The summed E-state index contributed by atoms with van der Waals surface area (Å²) in [7, 11) is 0. The fourth-order valence-electron chi connectivity index (χ4n) is 2.09. The second-order valence-corrected chi connectivity index (χ2v) is 4.96. The summed E-state index contributed by atoms with van der Waals surface area (Å²) in [5.41, 5.74) is 1.23. The van der Waals surface area contributed by atoms with Gasteiger partial charge in [-0.3, -0.25) is 14.9 Å². The maximum Gasteiger partial charge on any atom is 0.293 e. The third-order valence-corrected chi connectivity index (χ3v) is 3.34. The SMILES string of the molecule is CC(=O)c1ccc(N[C@H](C)c2ccc(F)cc2)c([N+](=O)[O-])c1. The van der Waals surface area contributed by atoms with Gasteiger partial charge < -0.3 is 5.32 Å². The van der Waals surface area contributed by atoms with Crippen molar-refractivity contribution in [2.45, 2.75) is 19.9 Å². The number of nitro benzene ring substituents is 1. The molecule has 1 N–H and O–H groups in total. The van der Waals surface area contributed by atoms with E-state index >= 15 is 0 Å². The van der Waals surface area contributed by atoms with Crippen molar-refractivity contribution in [1.82, 2.24) is 0 Å². The van der Waals surface area contributed by atoms with Crippen LogP contribution in [0.4, 0.5) is 15.8 Å². The Kier molecular flexibility index (Phi) is 4.50. The molecule has 0 spiro atoms. The van der Waals surface area contributed by atoms with Gasteiger partial charge in [-0.05, 0) is 43.7 Å². The van der Waals surface area contributed by atoms with Gasteiger partial charge in [0.05, 0.1) is 4.92 Å². The van der Waals surface area contributed by atoms with Crippen LogP contribution in [0, 0.1) is 15.9 Å². The highest BCUT2D eigenvalue weighted by Gasteiger charge is 2.18. The summed E-state index contributed by atoms with van der Waals surface area (Å²) in [6.07, 6.45) is 0. The molecule has 0 radical (unpaired) electrons. The molecular formula is C16H15FN2O3. The minimum absolute atomic E-state index is 0.165. The Morgan fingerprint density at radius 2 is 1.86 bits per heavy atom. The second-order valence-electron chi connectivity index (χ2n) is 4.96. The van der Waals surface area contributed by atoms with Gasteiger partial charge in [0.2, 0.25) is 0 Å². The van der Waals surface area contributed by atoms with Crippen molar-refractivity contribution in [3.8, 4) is 0 Å². The molecule has 0 aliphatic heterocycles. The first kappa shape index (κ1) is 15.6. The van der Waals surface area contributed by atoms with Gasteiger partial charge in [-0.1, -0.05) is 12.1 Å². The number of carbonyl (C=O) groups is 1. The summed E-state index contributed by atoms with van der Waals surface area (Å²) in [5.74, 6) is -0.575. The van der Waals surface area contributed by atoms with Crippen LogP contribution in [0.15, 0.2) is 42.5 Å². The van der Waals surface area contributed by atoms with Gasteiger partial charge in [0, 0.05) is 17.7 Å². The number of hydrogen-bond acceptors (Lipinski definition) is 4. The number of carbonyl (C=O) groups excluding carboxylic acids is 1. The van der Waals surface area contributed by atoms with Crippen molar-refractivity contribution < 1.29 is 14.1 Å². The Hall–Kier alpha value is -2.76. The number of benzene rings is 2. The maximum atomic E-state index is 12.9. The first-order valence-corrected chi connectivity index (χ1v) is 6.70. The number of hydrogen-bond donors (Lipinski definition) is 1. The maximum absolute atomic E-state index is 12.9. The number of nitro groups is 1. The molecule has 5 nitrogen and oxygen atoms in total. The van der Waals surface area contributed by atoms with Gasteiger partial charge in [0.15, 0.2) is 5.78 Å². The van der Waals surface area contributed by atoms with Crippen LogP contribution in [-0.2, 0) is 0 Å². The van der Waals surface area contributed by atoms with Crippen molar-refractivity contribution in [2.75, 3.05) is 5.32 Å². The van der Waals surface area contributed by atoms with E-state index in [2.05, 4.69) is 5.32 Å². The Bertz CT molecular complexity index is 714. The summed E-state index contributed by atoms with van der Waals surface area (Å²) in [6.45, 7) is 3.17. The predicted molar refractivity (Wildman–Crippen MR) is 81.5 cm³/mol. The smallest absolute Gasteiger partial charge is 0.293 e. The van der Waals surface area contributed by atoms with E-state index < -0.39 is 4.92 Å². The Balaban J connectivity index is 2.30. The monoisotopic (exact) mass is 302 g/mol. The molecule has 2 aromatic carbocycles. The van der Waals surface area contributed by atoms with E-state index in [-0.39, 0.29) is 28.9 Å². The van der Waals surface area contributed by atoms with E-state index in [1.807, 2.05) is 6.92 Å².